The predicted octanol–water partition coefficient (Wildman–Crippen LogP) is 4.40. The molecule has 4 rings (SSSR count). The lowest BCUT2D eigenvalue weighted by atomic mass is 9.93. The number of likely N-dealkylation sites (tertiary alicyclic amines) is 1. The van der Waals surface area contributed by atoms with Crippen molar-refractivity contribution in [1.82, 2.24) is 19.7 Å². The molecule has 168 valence electrons. The highest BCUT2D eigenvalue weighted by atomic mass is 16.5. The maximum absolute atomic E-state index is 13.6. The van der Waals surface area contributed by atoms with Gasteiger partial charge in [-0.2, -0.15) is 5.10 Å². The first kappa shape index (κ1) is 22.0. The Morgan fingerprint density at radius 2 is 1.91 bits per heavy atom. The van der Waals surface area contributed by atoms with Crippen molar-refractivity contribution >= 4 is 22.9 Å². The van der Waals surface area contributed by atoms with Crippen LogP contribution < -0.4 is 0 Å². The number of nitrogens with zero attached hydrogens (tertiary/aromatic N) is 4. The first-order valence-corrected chi connectivity index (χ1v) is 11.2. The Bertz CT molecular complexity index is 1140. The summed E-state index contributed by atoms with van der Waals surface area (Å²) in [5.41, 5.74) is 4.26. The molecular weight excluding hydrogens is 404 g/mol. The van der Waals surface area contributed by atoms with Gasteiger partial charge in [0, 0.05) is 31.1 Å². The Balaban J connectivity index is 1.69. The lowest BCUT2D eigenvalue weighted by molar-refractivity contribution is -0.142. The van der Waals surface area contributed by atoms with Gasteiger partial charge in [-0.3, -0.25) is 9.59 Å². The molecule has 3 aromatic rings. The van der Waals surface area contributed by atoms with Gasteiger partial charge in [0.2, 0.25) is 0 Å². The molecule has 0 saturated carbocycles. The molecule has 1 aliphatic rings. The molecule has 32 heavy (non-hydrogen) atoms. The highest BCUT2D eigenvalue weighted by Gasteiger charge is 2.28. The summed E-state index contributed by atoms with van der Waals surface area (Å²) in [5.74, 6) is 0.0665. The van der Waals surface area contributed by atoms with Crippen LogP contribution >= 0.6 is 0 Å². The van der Waals surface area contributed by atoms with E-state index in [4.69, 9.17) is 9.72 Å². The SMILES string of the molecule is COC(=O)CC1CCN(C(=O)c2cc(-c3ccccc3C)nc3c2cnn3C(C)C)CC1. The van der Waals surface area contributed by atoms with Crippen molar-refractivity contribution in [3.8, 4) is 11.3 Å². The molecule has 0 aliphatic carbocycles. The summed E-state index contributed by atoms with van der Waals surface area (Å²) in [6.45, 7) is 7.42. The Hall–Kier alpha value is -3.22. The van der Waals surface area contributed by atoms with Crippen LogP contribution in [0, 0.1) is 12.8 Å². The van der Waals surface area contributed by atoms with Gasteiger partial charge in [0.05, 0.1) is 30.0 Å². The average molecular weight is 435 g/mol. The second-order valence-corrected chi connectivity index (χ2v) is 8.81. The van der Waals surface area contributed by atoms with Crippen molar-refractivity contribution in [2.45, 2.75) is 46.1 Å². The molecule has 0 unspecified atom stereocenters. The van der Waals surface area contributed by atoms with Gasteiger partial charge in [0.15, 0.2) is 5.65 Å². The third-order valence-corrected chi connectivity index (χ3v) is 6.29. The Kier molecular flexibility index (Phi) is 6.26. The van der Waals surface area contributed by atoms with Crippen LogP contribution in [0.2, 0.25) is 0 Å². The molecule has 7 nitrogen and oxygen atoms in total. The first-order valence-electron chi connectivity index (χ1n) is 11.2. The van der Waals surface area contributed by atoms with Crippen molar-refractivity contribution in [3.05, 3.63) is 47.7 Å². The van der Waals surface area contributed by atoms with E-state index >= 15 is 0 Å². The molecular formula is C25H30N4O3. The van der Waals surface area contributed by atoms with Crippen molar-refractivity contribution in [3.63, 3.8) is 0 Å². The van der Waals surface area contributed by atoms with E-state index in [0.717, 1.165) is 40.7 Å². The average Bonchev–Trinajstić information content (AvgIpc) is 3.23. The minimum absolute atomic E-state index is 0.00735. The van der Waals surface area contributed by atoms with Gasteiger partial charge >= 0.3 is 5.97 Å². The van der Waals surface area contributed by atoms with Crippen LogP contribution in [0.3, 0.4) is 0 Å². The number of rotatable bonds is 5. The quantitative estimate of drug-likeness (QED) is 0.556. The fourth-order valence-corrected chi connectivity index (χ4v) is 4.40. The summed E-state index contributed by atoms with van der Waals surface area (Å²) in [6.07, 6.45) is 3.76. The number of aryl methyl sites for hydroxylation is 1. The van der Waals surface area contributed by atoms with Gasteiger partial charge in [-0.1, -0.05) is 24.3 Å². The maximum Gasteiger partial charge on any atom is 0.305 e. The topological polar surface area (TPSA) is 77.3 Å². The standard InChI is InChI=1S/C25H30N4O3/c1-16(2)29-24-21(15-26-29)20(14-22(27-24)19-8-6-5-7-17(19)3)25(31)28-11-9-18(10-12-28)13-23(30)32-4/h5-8,14-16,18H,9-13H2,1-4H3. The van der Waals surface area contributed by atoms with E-state index < -0.39 is 0 Å². The lowest BCUT2D eigenvalue weighted by Gasteiger charge is -2.31. The van der Waals surface area contributed by atoms with Crippen LogP contribution in [0.25, 0.3) is 22.3 Å². The van der Waals surface area contributed by atoms with Crippen LogP contribution in [-0.2, 0) is 9.53 Å². The predicted molar refractivity (Wildman–Crippen MR) is 123 cm³/mol. The minimum atomic E-state index is -0.186. The fourth-order valence-electron chi connectivity index (χ4n) is 4.40. The molecule has 7 heteroatoms. The Morgan fingerprint density at radius 3 is 2.56 bits per heavy atom. The van der Waals surface area contributed by atoms with E-state index in [1.807, 2.05) is 33.8 Å². The number of pyridine rings is 1. The molecule has 1 aliphatic heterocycles. The number of hydrogen-bond acceptors (Lipinski definition) is 5. The largest absolute Gasteiger partial charge is 0.469 e. The molecule has 3 heterocycles. The van der Waals surface area contributed by atoms with E-state index in [0.29, 0.717) is 25.1 Å². The van der Waals surface area contributed by atoms with E-state index in [1.54, 1.807) is 6.20 Å². The number of hydrogen-bond donors (Lipinski definition) is 0. The summed E-state index contributed by atoms with van der Waals surface area (Å²) in [4.78, 5) is 32.0. The summed E-state index contributed by atoms with van der Waals surface area (Å²) in [5, 5.41) is 5.30. The lowest BCUT2D eigenvalue weighted by Crippen LogP contribution is -2.39. The summed E-state index contributed by atoms with van der Waals surface area (Å²) < 4.78 is 6.67. The number of aromatic nitrogens is 3. The smallest absolute Gasteiger partial charge is 0.305 e. The van der Waals surface area contributed by atoms with E-state index in [2.05, 4.69) is 31.9 Å². The number of carbonyl (C=O) groups excluding carboxylic acids is 2. The summed E-state index contributed by atoms with van der Waals surface area (Å²) >= 11 is 0. The third kappa shape index (κ3) is 4.24. The van der Waals surface area contributed by atoms with Crippen molar-refractivity contribution in [2.75, 3.05) is 20.2 Å². The molecule has 0 spiro atoms. The molecule has 0 N–H and O–H groups in total. The minimum Gasteiger partial charge on any atom is -0.469 e. The second-order valence-electron chi connectivity index (χ2n) is 8.81. The first-order chi connectivity index (χ1) is 15.4. The Labute approximate surface area is 188 Å². The van der Waals surface area contributed by atoms with Crippen molar-refractivity contribution in [2.24, 2.45) is 5.92 Å². The number of fused-ring (bicyclic) bond motifs is 1. The molecule has 1 aromatic carbocycles. The van der Waals surface area contributed by atoms with Crippen molar-refractivity contribution in [1.29, 1.82) is 0 Å². The number of piperidine rings is 1. The van der Waals surface area contributed by atoms with E-state index in [1.165, 1.54) is 7.11 Å². The molecule has 1 amide bonds. The van der Waals surface area contributed by atoms with Crippen LogP contribution in [0.15, 0.2) is 36.5 Å². The number of ether oxygens (including phenoxy) is 1. The van der Waals surface area contributed by atoms with E-state index in [-0.39, 0.29) is 23.8 Å². The van der Waals surface area contributed by atoms with Gasteiger partial charge < -0.3 is 9.64 Å². The van der Waals surface area contributed by atoms with Gasteiger partial charge in [-0.15, -0.1) is 0 Å². The van der Waals surface area contributed by atoms with Crippen LogP contribution in [0.5, 0.6) is 0 Å². The van der Waals surface area contributed by atoms with Crippen LogP contribution in [0.4, 0.5) is 0 Å². The zero-order valence-corrected chi connectivity index (χ0v) is 19.2. The van der Waals surface area contributed by atoms with Gasteiger partial charge in [0.25, 0.3) is 5.91 Å². The highest BCUT2D eigenvalue weighted by Crippen LogP contribution is 2.30. The molecule has 0 radical (unpaired) electrons. The molecule has 1 fully saturated rings. The number of methoxy groups -OCH3 is 1. The number of benzene rings is 1. The molecule has 2 aromatic heterocycles. The monoisotopic (exact) mass is 434 g/mol. The molecule has 0 atom stereocenters. The highest BCUT2D eigenvalue weighted by molar-refractivity contribution is 6.06. The Morgan fingerprint density at radius 1 is 1.19 bits per heavy atom. The van der Waals surface area contributed by atoms with E-state index in [9.17, 15) is 9.59 Å². The zero-order valence-electron chi connectivity index (χ0n) is 19.2. The maximum atomic E-state index is 13.6. The molecule has 0 bridgehead atoms. The zero-order chi connectivity index (χ0) is 22.8. The second kappa shape index (κ2) is 9.10. The molecule has 1 saturated heterocycles. The number of amides is 1. The number of esters is 1. The van der Waals surface area contributed by atoms with Crippen LogP contribution in [-0.4, -0.2) is 51.7 Å². The summed E-state index contributed by atoms with van der Waals surface area (Å²) in [7, 11) is 1.42. The normalized spacial score (nSPS) is 14.8. The summed E-state index contributed by atoms with van der Waals surface area (Å²) in [6, 6.07) is 10.1. The third-order valence-electron chi connectivity index (χ3n) is 6.29. The van der Waals surface area contributed by atoms with Gasteiger partial charge in [-0.05, 0) is 51.2 Å². The fraction of sp³-hybridized carbons (Fsp3) is 0.440. The number of carbonyl (C=O) groups is 2. The van der Waals surface area contributed by atoms with Gasteiger partial charge in [0.1, 0.15) is 0 Å². The van der Waals surface area contributed by atoms with Gasteiger partial charge in [-0.25, -0.2) is 9.67 Å². The van der Waals surface area contributed by atoms with Crippen LogP contribution in [0.1, 0.15) is 55.1 Å². The van der Waals surface area contributed by atoms with Crippen molar-refractivity contribution < 1.29 is 14.3 Å².